The summed E-state index contributed by atoms with van der Waals surface area (Å²) in [5, 5.41) is 0. The van der Waals surface area contributed by atoms with Crippen LogP contribution >= 0.6 is 0 Å². The van der Waals surface area contributed by atoms with Crippen LogP contribution in [-0.4, -0.2) is 4.98 Å². The molecule has 2 heteroatoms. The summed E-state index contributed by atoms with van der Waals surface area (Å²) in [6, 6.07) is 27.6. The summed E-state index contributed by atoms with van der Waals surface area (Å²) in [5.74, 6) is 0. The van der Waals surface area contributed by atoms with Crippen molar-refractivity contribution >= 4 is 17.1 Å². The Morgan fingerprint density at radius 2 is 1.26 bits per heavy atom. The highest BCUT2D eigenvalue weighted by Gasteiger charge is 2.36. The molecule has 164 valence electrons. The molecule has 0 saturated carbocycles. The first-order valence-corrected chi connectivity index (χ1v) is 12.6. The Bertz CT molecular complexity index is 1760. The predicted molar refractivity (Wildman–Crippen MR) is 141 cm³/mol. The zero-order chi connectivity index (χ0) is 22.7. The van der Waals surface area contributed by atoms with Crippen molar-refractivity contribution < 1.29 is 0 Å². The summed E-state index contributed by atoms with van der Waals surface area (Å²) in [6.07, 6.45) is 8.03. The molecule has 0 amide bonds. The Kier molecular flexibility index (Phi) is 3.27. The third-order valence-corrected chi connectivity index (χ3v) is 8.62. The number of para-hydroxylation sites is 1. The number of anilines is 3. The third kappa shape index (κ3) is 2.23. The fourth-order valence-corrected chi connectivity index (χ4v) is 7.22. The van der Waals surface area contributed by atoms with E-state index in [1.165, 1.54) is 83.8 Å². The summed E-state index contributed by atoms with van der Waals surface area (Å²) in [5.41, 5.74) is 21.4. The van der Waals surface area contributed by atoms with E-state index < -0.39 is 0 Å². The molecule has 1 aromatic heterocycles. The molecular weight excluding hydrogens is 424 g/mol. The molecule has 0 fully saturated rings. The van der Waals surface area contributed by atoms with Crippen molar-refractivity contribution in [3.8, 4) is 22.3 Å². The number of pyridine rings is 1. The Morgan fingerprint density at radius 3 is 2.23 bits per heavy atom. The zero-order valence-corrected chi connectivity index (χ0v) is 19.3. The van der Waals surface area contributed by atoms with Gasteiger partial charge in [-0.2, -0.15) is 0 Å². The van der Waals surface area contributed by atoms with Crippen LogP contribution in [0.15, 0.2) is 85.2 Å². The monoisotopic (exact) mass is 446 g/mol. The molecule has 5 aromatic rings. The van der Waals surface area contributed by atoms with Crippen molar-refractivity contribution in [1.82, 2.24) is 4.98 Å². The molecule has 0 saturated heterocycles. The van der Waals surface area contributed by atoms with Crippen LogP contribution in [-0.2, 0) is 25.7 Å². The number of nitrogens with zero attached hydrogens (tertiary/aromatic N) is 2. The second-order valence-corrected chi connectivity index (χ2v) is 10.4. The number of benzene rings is 4. The number of aromatic nitrogens is 1. The van der Waals surface area contributed by atoms with E-state index in [0.29, 0.717) is 0 Å². The Hall–Kier alpha value is -4.17. The first-order valence-electron chi connectivity index (χ1n) is 12.6. The van der Waals surface area contributed by atoms with Gasteiger partial charge in [-0.25, -0.2) is 0 Å². The summed E-state index contributed by atoms with van der Waals surface area (Å²) in [4.78, 5) is 7.02. The third-order valence-electron chi connectivity index (χ3n) is 8.62. The normalized spacial score (nSPS) is 14.9. The van der Waals surface area contributed by atoms with Crippen molar-refractivity contribution in [2.24, 2.45) is 0 Å². The van der Waals surface area contributed by atoms with Crippen LogP contribution in [0.1, 0.15) is 44.5 Å². The minimum Gasteiger partial charge on any atom is -0.308 e. The maximum absolute atomic E-state index is 4.52. The van der Waals surface area contributed by atoms with E-state index in [1.54, 1.807) is 0 Å². The SMILES string of the molecule is c1ccc2c(c1)Cc1ccc3c(c1-2)Cc1ccc2c(c1-3)Cc1cccc3c1N2c1cnccc1C3. The van der Waals surface area contributed by atoms with Crippen molar-refractivity contribution in [2.45, 2.75) is 25.7 Å². The van der Waals surface area contributed by atoms with Gasteiger partial charge >= 0.3 is 0 Å². The molecule has 2 nitrogen and oxygen atoms in total. The minimum absolute atomic E-state index is 0.978. The quantitative estimate of drug-likeness (QED) is 0.240. The highest BCUT2D eigenvalue weighted by atomic mass is 15.2. The predicted octanol–water partition coefficient (Wildman–Crippen LogP) is 7.50. The van der Waals surface area contributed by atoms with Gasteiger partial charge in [-0.1, -0.05) is 60.7 Å². The molecule has 2 aliphatic heterocycles. The number of hydrogen-bond acceptors (Lipinski definition) is 2. The second kappa shape index (κ2) is 6.28. The van der Waals surface area contributed by atoms with Crippen LogP contribution in [0.5, 0.6) is 0 Å². The van der Waals surface area contributed by atoms with Crippen LogP contribution in [0.25, 0.3) is 22.3 Å². The first-order chi connectivity index (χ1) is 17.3. The lowest BCUT2D eigenvalue weighted by Gasteiger charge is -2.39. The van der Waals surface area contributed by atoms with Gasteiger partial charge in [0.05, 0.1) is 23.3 Å². The summed E-state index contributed by atoms with van der Waals surface area (Å²) in [6.45, 7) is 0. The molecule has 0 bridgehead atoms. The maximum Gasteiger partial charge on any atom is 0.0680 e. The van der Waals surface area contributed by atoms with Crippen molar-refractivity contribution in [2.75, 3.05) is 4.90 Å². The van der Waals surface area contributed by atoms with Gasteiger partial charge in [0, 0.05) is 19.0 Å². The van der Waals surface area contributed by atoms with Gasteiger partial charge in [-0.3, -0.25) is 4.98 Å². The van der Waals surface area contributed by atoms with Gasteiger partial charge in [-0.15, -0.1) is 0 Å². The van der Waals surface area contributed by atoms with Gasteiger partial charge in [-0.05, 0) is 91.7 Å². The lowest BCUT2D eigenvalue weighted by molar-refractivity contribution is 1.00. The fourth-order valence-electron chi connectivity index (χ4n) is 7.22. The van der Waals surface area contributed by atoms with Gasteiger partial charge in [0.1, 0.15) is 0 Å². The molecule has 9 rings (SSSR count). The number of fused-ring (bicyclic) bond motifs is 12. The molecule has 35 heavy (non-hydrogen) atoms. The largest absolute Gasteiger partial charge is 0.308 e. The topological polar surface area (TPSA) is 16.1 Å². The van der Waals surface area contributed by atoms with Crippen molar-refractivity contribution in [3.63, 3.8) is 0 Å². The Balaban J connectivity index is 1.31. The summed E-state index contributed by atoms with van der Waals surface area (Å²) < 4.78 is 0. The number of hydrogen-bond donors (Lipinski definition) is 0. The molecule has 3 heterocycles. The molecule has 0 unspecified atom stereocenters. The lowest BCUT2D eigenvalue weighted by Crippen LogP contribution is -2.25. The molecule has 0 spiro atoms. The van der Waals surface area contributed by atoms with E-state index in [2.05, 4.69) is 88.9 Å². The summed E-state index contributed by atoms with van der Waals surface area (Å²) in [7, 11) is 0. The molecular formula is C33H22N2. The highest BCUT2D eigenvalue weighted by molar-refractivity contribution is 5.97. The molecule has 4 aliphatic rings. The second-order valence-electron chi connectivity index (χ2n) is 10.4. The van der Waals surface area contributed by atoms with Gasteiger partial charge in [0.25, 0.3) is 0 Å². The zero-order valence-electron chi connectivity index (χ0n) is 19.3. The van der Waals surface area contributed by atoms with Crippen LogP contribution in [0, 0.1) is 0 Å². The van der Waals surface area contributed by atoms with Gasteiger partial charge < -0.3 is 4.90 Å². The minimum atomic E-state index is 0.978. The Labute approximate surface area is 204 Å². The number of rotatable bonds is 0. The average molecular weight is 447 g/mol. The fraction of sp³-hybridized carbons (Fsp3) is 0.121. The van der Waals surface area contributed by atoms with E-state index in [9.17, 15) is 0 Å². The van der Waals surface area contributed by atoms with E-state index in [1.807, 2.05) is 6.20 Å². The van der Waals surface area contributed by atoms with Crippen molar-refractivity contribution in [1.29, 1.82) is 0 Å². The van der Waals surface area contributed by atoms with Gasteiger partial charge in [0.15, 0.2) is 0 Å². The van der Waals surface area contributed by atoms with E-state index in [4.69, 9.17) is 0 Å². The van der Waals surface area contributed by atoms with Gasteiger partial charge in [0.2, 0.25) is 0 Å². The Morgan fingerprint density at radius 1 is 0.514 bits per heavy atom. The molecule has 0 radical (unpaired) electrons. The van der Waals surface area contributed by atoms with Crippen molar-refractivity contribution in [3.05, 3.63) is 130 Å². The van der Waals surface area contributed by atoms with E-state index >= 15 is 0 Å². The smallest absolute Gasteiger partial charge is 0.0680 e. The summed E-state index contributed by atoms with van der Waals surface area (Å²) >= 11 is 0. The maximum atomic E-state index is 4.52. The first kappa shape index (κ1) is 18.2. The van der Waals surface area contributed by atoms with Crippen LogP contribution in [0.2, 0.25) is 0 Å². The lowest BCUT2D eigenvalue weighted by atomic mass is 9.84. The van der Waals surface area contributed by atoms with E-state index in [-0.39, 0.29) is 0 Å². The molecule has 2 aliphatic carbocycles. The molecule has 0 atom stereocenters. The average Bonchev–Trinajstić information content (AvgIpc) is 3.47. The van der Waals surface area contributed by atoms with E-state index in [0.717, 1.165) is 25.7 Å². The van der Waals surface area contributed by atoms with Crippen LogP contribution in [0.4, 0.5) is 17.1 Å². The highest BCUT2D eigenvalue weighted by Crippen LogP contribution is 2.55. The van der Waals surface area contributed by atoms with Crippen LogP contribution in [0.3, 0.4) is 0 Å². The molecule has 4 aromatic carbocycles. The van der Waals surface area contributed by atoms with Crippen LogP contribution < -0.4 is 4.90 Å². The molecule has 0 N–H and O–H groups in total. The standard InChI is InChI=1S/C33H22N2/c1-2-7-25-19(4-1)14-21-8-10-26-27(31(21)25)16-22-9-11-29-28(32(22)26)17-24-6-3-5-23-15-20-12-13-34-18-30(20)35(29)33(23)24/h1-13,18H,14-17H2.